The van der Waals surface area contributed by atoms with Gasteiger partial charge in [-0.15, -0.1) is 0 Å². The number of nitrogens with zero attached hydrogens (tertiary/aromatic N) is 3. The van der Waals surface area contributed by atoms with Crippen LogP contribution in [0.3, 0.4) is 0 Å². The van der Waals surface area contributed by atoms with Crippen molar-refractivity contribution >= 4 is 28.2 Å². The molecular weight excluding hydrogens is 366 g/mol. The van der Waals surface area contributed by atoms with Gasteiger partial charge in [0.1, 0.15) is 5.82 Å². The second-order valence-electron chi connectivity index (χ2n) is 5.87. The number of nitro groups is 1. The highest BCUT2D eigenvalue weighted by Gasteiger charge is 2.15. The van der Waals surface area contributed by atoms with Crippen LogP contribution in [0.5, 0.6) is 0 Å². The smallest absolute Gasteiger partial charge is 0.268 e. The normalized spacial score (nSPS) is 10.9. The van der Waals surface area contributed by atoms with Crippen molar-refractivity contribution in [1.29, 1.82) is 0 Å². The molecule has 0 aliphatic heterocycles. The molecule has 4 rings (SSSR count). The van der Waals surface area contributed by atoms with Crippen LogP contribution in [-0.2, 0) is 0 Å². The number of aromatic nitrogens is 2. The Labute approximate surface area is 158 Å². The molecular formula is C20H12ClN3O3. The zero-order valence-corrected chi connectivity index (χ0v) is 14.6. The van der Waals surface area contributed by atoms with Gasteiger partial charge in [0.05, 0.1) is 21.5 Å². The molecule has 0 atom stereocenters. The molecule has 27 heavy (non-hydrogen) atoms. The fraction of sp³-hybridized carbons (Fsp3) is 0. The number of fused-ring (bicyclic) bond motifs is 1. The lowest BCUT2D eigenvalue weighted by Gasteiger charge is -2.14. The lowest BCUT2D eigenvalue weighted by atomic mass is 10.1. The van der Waals surface area contributed by atoms with Gasteiger partial charge in [-0.1, -0.05) is 23.7 Å². The van der Waals surface area contributed by atoms with Crippen molar-refractivity contribution in [2.24, 2.45) is 0 Å². The van der Waals surface area contributed by atoms with Crippen LogP contribution in [-0.4, -0.2) is 14.5 Å². The summed E-state index contributed by atoms with van der Waals surface area (Å²) in [5.74, 6) is 0.434. The fourth-order valence-electron chi connectivity index (χ4n) is 2.89. The maximum Gasteiger partial charge on any atom is 0.269 e. The van der Waals surface area contributed by atoms with Gasteiger partial charge in [0.15, 0.2) is 0 Å². The van der Waals surface area contributed by atoms with Gasteiger partial charge in [-0.05, 0) is 48.5 Å². The number of hydrogen-bond acceptors (Lipinski definition) is 4. The standard InChI is InChI=1S/C20H12ClN3O3/c21-14-7-5-13(6-8-14)19-22-18-4-2-1-3-17(18)20(25)23(19)15-9-11-16(12-10-15)24(26)27/h1-12H. The Hall–Kier alpha value is -3.51. The molecule has 0 saturated carbocycles. The number of para-hydroxylation sites is 1. The predicted octanol–water partition coefficient (Wildman–Crippen LogP) is 4.61. The summed E-state index contributed by atoms with van der Waals surface area (Å²) in [6.45, 7) is 0. The van der Waals surface area contributed by atoms with Crippen molar-refractivity contribution < 1.29 is 4.92 Å². The second kappa shape index (κ2) is 6.66. The highest BCUT2D eigenvalue weighted by Crippen LogP contribution is 2.24. The van der Waals surface area contributed by atoms with Gasteiger partial charge >= 0.3 is 0 Å². The summed E-state index contributed by atoms with van der Waals surface area (Å²) in [7, 11) is 0. The van der Waals surface area contributed by atoms with Crippen LogP contribution < -0.4 is 5.56 Å². The molecule has 7 heteroatoms. The fourth-order valence-corrected chi connectivity index (χ4v) is 3.01. The van der Waals surface area contributed by atoms with Gasteiger partial charge in [0.25, 0.3) is 11.2 Å². The molecule has 1 aromatic heterocycles. The topological polar surface area (TPSA) is 78.0 Å². The molecule has 4 aromatic rings. The van der Waals surface area contributed by atoms with Crippen LogP contribution in [0, 0.1) is 10.1 Å². The van der Waals surface area contributed by atoms with E-state index in [-0.39, 0.29) is 11.2 Å². The molecule has 0 amide bonds. The highest BCUT2D eigenvalue weighted by atomic mass is 35.5. The molecule has 0 radical (unpaired) electrons. The molecule has 0 N–H and O–H groups in total. The zero-order valence-electron chi connectivity index (χ0n) is 13.9. The number of halogens is 1. The van der Waals surface area contributed by atoms with E-state index in [1.807, 2.05) is 6.07 Å². The maximum absolute atomic E-state index is 13.2. The Kier molecular flexibility index (Phi) is 4.18. The van der Waals surface area contributed by atoms with Gasteiger partial charge in [-0.25, -0.2) is 4.98 Å². The van der Waals surface area contributed by atoms with E-state index in [1.165, 1.54) is 28.8 Å². The SMILES string of the molecule is O=c1c2ccccc2nc(-c2ccc(Cl)cc2)n1-c1ccc([N+](=O)[O-])cc1. The minimum absolute atomic E-state index is 0.0476. The molecule has 0 bridgehead atoms. The Bertz CT molecular complexity index is 1220. The van der Waals surface area contributed by atoms with Crippen LogP contribution in [0.15, 0.2) is 77.6 Å². The number of non-ortho nitro benzene ring substituents is 1. The third kappa shape index (κ3) is 3.07. The zero-order chi connectivity index (χ0) is 19.0. The Morgan fingerprint density at radius 3 is 2.26 bits per heavy atom. The van der Waals surface area contributed by atoms with Crippen LogP contribution in [0.2, 0.25) is 5.02 Å². The van der Waals surface area contributed by atoms with Gasteiger partial charge in [0, 0.05) is 22.7 Å². The summed E-state index contributed by atoms with van der Waals surface area (Å²) in [5, 5.41) is 12.0. The molecule has 1 heterocycles. The van der Waals surface area contributed by atoms with Crippen LogP contribution in [0.1, 0.15) is 0 Å². The van der Waals surface area contributed by atoms with Gasteiger partial charge in [-0.3, -0.25) is 19.5 Å². The second-order valence-corrected chi connectivity index (χ2v) is 6.31. The van der Waals surface area contributed by atoms with E-state index in [2.05, 4.69) is 4.98 Å². The quantitative estimate of drug-likeness (QED) is 0.385. The third-order valence-electron chi connectivity index (χ3n) is 4.20. The lowest BCUT2D eigenvalue weighted by molar-refractivity contribution is -0.384. The largest absolute Gasteiger partial charge is 0.269 e. The van der Waals surface area contributed by atoms with E-state index in [4.69, 9.17) is 11.6 Å². The highest BCUT2D eigenvalue weighted by molar-refractivity contribution is 6.30. The van der Waals surface area contributed by atoms with Crippen molar-refractivity contribution in [2.45, 2.75) is 0 Å². The van der Waals surface area contributed by atoms with Crippen LogP contribution in [0.25, 0.3) is 28.0 Å². The number of hydrogen-bond donors (Lipinski definition) is 0. The summed E-state index contributed by atoms with van der Waals surface area (Å²) in [5.41, 5.74) is 1.48. The van der Waals surface area contributed by atoms with Crippen molar-refractivity contribution in [3.05, 3.63) is 98.3 Å². The predicted molar refractivity (Wildman–Crippen MR) is 104 cm³/mol. The van der Waals surface area contributed by atoms with Crippen molar-refractivity contribution in [1.82, 2.24) is 9.55 Å². The Morgan fingerprint density at radius 2 is 1.59 bits per heavy atom. The van der Waals surface area contributed by atoms with Crippen molar-refractivity contribution in [3.63, 3.8) is 0 Å². The molecule has 0 saturated heterocycles. The molecule has 132 valence electrons. The molecule has 0 aliphatic carbocycles. The molecule has 0 fully saturated rings. The van der Waals surface area contributed by atoms with Crippen molar-refractivity contribution in [3.8, 4) is 17.1 Å². The molecule has 0 aliphatic rings. The summed E-state index contributed by atoms with van der Waals surface area (Å²) in [6, 6.07) is 19.9. The first-order valence-corrected chi connectivity index (χ1v) is 8.45. The minimum atomic E-state index is -0.481. The maximum atomic E-state index is 13.2. The lowest BCUT2D eigenvalue weighted by Crippen LogP contribution is -2.21. The summed E-state index contributed by atoms with van der Waals surface area (Å²) >= 11 is 5.98. The molecule has 0 spiro atoms. The first-order chi connectivity index (χ1) is 13.0. The molecule has 6 nitrogen and oxygen atoms in total. The number of rotatable bonds is 3. The molecule has 0 unspecified atom stereocenters. The molecule has 3 aromatic carbocycles. The first-order valence-electron chi connectivity index (χ1n) is 8.07. The number of nitro benzene ring substituents is 1. The van der Waals surface area contributed by atoms with Gasteiger partial charge in [0.2, 0.25) is 0 Å². The monoisotopic (exact) mass is 377 g/mol. The Balaban J connectivity index is 2.03. The van der Waals surface area contributed by atoms with Gasteiger partial charge in [-0.2, -0.15) is 0 Å². The van der Waals surface area contributed by atoms with Crippen LogP contribution in [0.4, 0.5) is 5.69 Å². The summed E-state index contributed by atoms with van der Waals surface area (Å²) in [4.78, 5) is 28.3. The third-order valence-corrected chi connectivity index (χ3v) is 4.45. The van der Waals surface area contributed by atoms with Crippen LogP contribution >= 0.6 is 11.6 Å². The van der Waals surface area contributed by atoms with Crippen molar-refractivity contribution in [2.75, 3.05) is 0 Å². The summed E-state index contributed by atoms with van der Waals surface area (Å²) < 4.78 is 1.45. The van der Waals surface area contributed by atoms with E-state index in [0.29, 0.717) is 33.0 Å². The van der Waals surface area contributed by atoms with E-state index in [0.717, 1.165) is 0 Å². The first kappa shape index (κ1) is 16.9. The summed E-state index contributed by atoms with van der Waals surface area (Å²) in [6.07, 6.45) is 0. The Morgan fingerprint density at radius 1 is 0.926 bits per heavy atom. The average molecular weight is 378 g/mol. The average Bonchev–Trinajstić information content (AvgIpc) is 2.69. The number of benzene rings is 3. The van der Waals surface area contributed by atoms with E-state index >= 15 is 0 Å². The van der Waals surface area contributed by atoms with Gasteiger partial charge < -0.3 is 0 Å². The van der Waals surface area contributed by atoms with E-state index < -0.39 is 4.92 Å². The minimum Gasteiger partial charge on any atom is -0.268 e. The van der Waals surface area contributed by atoms with E-state index in [1.54, 1.807) is 42.5 Å². The van der Waals surface area contributed by atoms with E-state index in [9.17, 15) is 14.9 Å².